The lowest BCUT2D eigenvalue weighted by molar-refractivity contribution is 0.658. The van der Waals surface area contributed by atoms with E-state index in [0.29, 0.717) is 0 Å². The molecule has 4 rings (SSSR count). The molecule has 2 aliphatic rings. The summed E-state index contributed by atoms with van der Waals surface area (Å²) in [7, 11) is 0. The monoisotopic (exact) mass is 259 g/mol. The van der Waals surface area contributed by atoms with Gasteiger partial charge in [-0.2, -0.15) is 0 Å². The molecule has 1 heterocycles. The smallest absolute Gasteiger partial charge is 0.0933 e. The molecule has 2 aromatic rings. The molecule has 0 bridgehead atoms. The van der Waals surface area contributed by atoms with Gasteiger partial charge < -0.3 is 0 Å². The molecule has 98 valence electrons. The van der Waals surface area contributed by atoms with Crippen molar-refractivity contribution in [2.45, 2.75) is 25.3 Å². The van der Waals surface area contributed by atoms with Gasteiger partial charge in [-0.05, 0) is 33.9 Å². The zero-order valence-corrected chi connectivity index (χ0v) is 11.8. The third kappa shape index (κ3) is 1.46. The fourth-order valence-electron chi connectivity index (χ4n) is 3.45. The molecule has 0 N–H and O–H groups in total. The van der Waals surface area contributed by atoms with Crippen LogP contribution in [0, 0.1) is 0 Å². The van der Waals surface area contributed by atoms with Gasteiger partial charge in [-0.1, -0.05) is 62.4 Å². The number of hydrogen-bond acceptors (Lipinski definition) is 1. The van der Waals surface area contributed by atoms with Crippen LogP contribution in [0.5, 0.6) is 0 Å². The van der Waals surface area contributed by atoms with Gasteiger partial charge in [0, 0.05) is 11.6 Å². The van der Waals surface area contributed by atoms with E-state index in [-0.39, 0.29) is 11.5 Å². The summed E-state index contributed by atoms with van der Waals surface area (Å²) in [5.41, 5.74) is 6.97. The number of rotatable bonds is 1. The molecule has 0 amide bonds. The molecule has 1 unspecified atom stereocenters. The highest BCUT2D eigenvalue weighted by Gasteiger charge is 2.35. The second kappa shape index (κ2) is 3.92. The van der Waals surface area contributed by atoms with Crippen LogP contribution in [-0.2, 0) is 5.41 Å². The van der Waals surface area contributed by atoms with Crippen molar-refractivity contribution in [2.24, 2.45) is 4.99 Å². The molecule has 1 nitrogen and oxygen atoms in total. The van der Waals surface area contributed by atoms with Crippen molar-refractivity contribution in [3.05, 3.63) is 71.3 Å². The van der Waals surface area contributed by atoms with Crippen LogP contribution in [0.1, 0.15) is 36.6 Å². The van der Waals surface area contributed by atoms with Crippen molar-refractivity contribution in [3.8, 4) is 11.1 Å². The SMILES string of the molecule is CC1(C)c2ccccc2-c2ccc(C3C=CC=N3)cc21. The van der Waals surface area contributed by atoms with Crippen LogP contribution in [0.2, 0.25) is 0 Å². The lowest BCUT2D eigenvalue weighted by Gasteiger charge is -2.22. The van der Waals surface area contributed by atoms with Crippen molar-refractivity contribution in [3.63, 3.8) is 0 Å². The van der Waals surface area contributed by atoms with Gasteiger partial charge in [0.25, 0.3) is 0 Å². The van der Waals surface area contributed by atoms with E-state index >= 15 is 0 Å². The van der Waals surface area contributed by atoms with Crippen molar-refractivity contribution < 1.29 is 0 Å². The Morgan fingerprint density at radius 3 is 2.55 bits per heavy atom. The first kappa shape index (κ1) is 11.7. The standard InChI is InChI=1S/C19H17N/c1-19(2)16-7-4-3-6-14(16)15-10-9-13(12-17(15)19)18-8-5-11-20-18/h3-12,18H,1-2H3. The van der Waals surface area contributed by atoms with E-state index in [2.05, 4.69) is 67.4 Å². The molecular formula is C19H17N. The quantitative estimate of drug-likeness (QED) is 0.705. The van der Waals surface area contributed by atoms with E-state index in [9.17, 15) is 0 Å². The van der Waals surface area contributed by atoms with Gasteiger partial charge in [0.05, 0.1) is 6.04 Å². The maximum absolute atomic E-state index is 4.49. The second-order valence-corrected chi connectivity index (χ2v) is 6.10. The Morgan fingerprint density at radius 2 is 1.75 bits per heavy atom. The Balaban J connectivity index is 1.92. The Morgan fingerprint density at radius 1 is 0.950 bits per heavy atom. The van der Waals surface area contributed by atoms with E-state index in [4.69, 9.17) is 0 Å². The van der Waals surface area contributed by atoms with Crippen LogP contribution in [0.15, 0.2) is 59.6 Å². The van der Waals surface area contributed by atoms with Gasteiger partial charge in [0.2, 0.25) is 0 Å². The highest BCUT2D eigenvalue weighted by molar-refractivity contribution is 5.81. The maximum Gasteiger partial charge on any atom is 0.0933 e. The van der Waals surface area contributed by atoms with Crippen LogP contribution in [0.3, 0.4) is 0 Å². The van der Waals surface area contributed by atoms with Gasteiger partial charge in [0.15, 0.2) is 0 Å². The molecule has 0 saturated carbocycles. The van der Waals surface area contributed by atoms with Crippen molar-refractivity contribution in [1.29, 1.82) is 0 Å². The molecule has 0 saturated heterocycles. The van der Waals surface area contributed by atoms with Crippen LogP contribution in [0.4, 0.5) is 0 Å². The second-order valence-electron chi connectivity index (χ2n) is 6.10. The average molecular weight is 259 g/mol. The Labute approximate surface area is 119 Å². The average Bonchev–Trinajstić information content (AvgIpc) is 3.07. The van der Waals surface area contributed by atoms with Crippen molar-refractivity contribution >= 4 is 6.21 Å². The summed E-state index contributed by atoms with van der Waals surface area (Å²) in [6.07, 6.45) is 6.06. The first-order chi connectivity index (χ1) is 9.68. The van der Waals surface area contributed by atoms with Gasteiger partial charge in [-0.25, -0.2) is 0 Å². The Bertz CT molecular complexity index is 738. The number of fused-ring (bicyclic) bond motifs is 3. The summed E-state index contributed by atoms with van der Waals surface area (Å²) in [5, 5.41) is 0. The van der Waals surface area contributed by atoms with E-state index in [1.807, 2.05) is 12.3 Å². The minimum atomic E-state index is 0.0774. The van der Waals surface area contributed by atoms with Crippen LogP contribution >= 0.6 is 0 Å². The highest BCUT2D eigenvalue weighted by Crippen LogP contribution is 2.49. The number of hydrogen-bond donors (Lipinski definition) is 0. The highest BCUT2D eigenvalue weighted by atomic mass is 14.8. The summed E-state index contributed by atoms with van der Waals surface area (Å²) in [6.45, 7) is 4.63. The van der Waals surface area contributed by atoms with Crippen LogP contribution < -0.4 is 0 Å². The number of nitrogens with zero attached hydrogens (tertiary/aromatic N) is 1. The minimum absolute atomic E-state index is 0.0774. The van der Waals surface area contributed by atoms with Gasteiger partial charge >= 0.3 is 0 Å². The number of benzene rings is 2. The lowest BCUT2D eigenvalue weighted by Crippen LogP contribution is -2.15. The predicted molar refractivity (Wildman–Crippen MR) is 84.4 cm³/mol. The summed E-state index contributed by atoms with van der Waals surface area (Å²) < 4.78 is 0. The van der Waals surface area contributed by atoms with Crippen molar-refractivity contribution in [1.82, 2.24) is 0 Å². The summed E-state index contributed by atoms with van der Waals surface area (Å²) in [5.74, 6) is 0. The zero-order chi connectivity index (χ0) is 13.7. The molecule has 0 aromatic heterocycles. The van der Waals surface area contributed by atoms with Crippen LogP contribution in [-0.4, -0.2) is 6.21 Å². The van der Waals surface area contributed by atoms with Crippen LogP contribution in [0.25, 0.3) is 11.1 Å². The minimum Gasteiger partial charge on any atom is -0.281 e. The fraction of sp³-hybridized carbons (Fsp3) is 0.211. The molecule has 1 aliphatic carbocycles. The first-order valence-corrected chi connectivity index (χ1v) is 7.12. The predicted octanol–water partition coefficient (Wildman–Crippen LogP) is 4.67. The molecule has 0 spiro atoms. The maximum atomic E-state index is 4.49. The van der Waals surface area contributed by atoms with Gasteiger partial charge in [-0.3, -0.25) is 4.99 Å². The molecule has 0 fully saturated rings. The summed E-state index contributed by atoms with van der Waals surface area (Å²) in [6, 6.07) is 15.8. The number of aliphatic imine (C=N–C) groups is 1. The topological polar surface area (TPSA) is 12.4 Å². The Hall–Kier alpha value is -2.15. The largest absolute Gasteiger partial charge is 0.281 e. The Kier molecular flexibility index (Phi) is 2.29. The van der Waals surface area contributed by atoms with E-state index in [1.54, 1.807) is 0 Å². The fourth-order valence-corrected chi connectivity index (χ4v) is 3.45. The molecule has 2 aromatic carbocycles. The van der Waals surface area contributed by atoms with E-state index in [0.717, 1.165) is 0 Å². The van der Waals surface area contributed by atoms with E-state index in [1.165, 1.54) is 27.8 Å². The number of allylic oxidation sites excluding steroid dienone is 1. The normalized spacial score (nSPS) is 21.0. The summed E-state index contributed by atoms with van der Waals surface area (Å²) in [4.78, 5) is 4.49. The molecule has 1 heteroatoms. The molecule has 1 atom stereocenters. The van der Waals surface area contributed by atoms with Crippen molar-refractivity contribution in [2.75, 3.05) is 0 Å². The molecule has 0 radical (unpaired) electrons. The zero-order valence-electron chi connectivity index (χ0n) is 11.8. The van der Waals surface area contributed by atoms with Gasteiger partial charge in [0.1, 0.15) is 0 Å². The third-order valence-electron chi connectivity index (χ3n) is 4.58. The van der Waals surface area contributed by atoms with E-state index < -0.39 is 0 Å². The van der Waals surface area contributed by atoms with Gasteiger partial charge in [-0.15, -0.1) is 0 Å². The third-order valence-corrected chi connectivity index (χ3v) is 4.58. The molecule has 1 aliphatic heterocycles. The lowest BCUT2D eigenvalue weighted by atomic mass is 9.81. The first-order valence-electron chi connectivity index (χ1n) is 7.12. The summed E-state index contributed by atoms with van der Waals surface area (Å²) >= 11 is 0. The molecular weight excluding hydrogens is 242 g/mol. The molecule has 20 heavy (non-hydrogen) atoms.